The van der Waals surface area contributed by atoms with Crippen LogP contribution in [0.4, 0.5) is 4.39 Å². The Hall–Kier alpha value is -1.93. The lowest BCUT2D eigenvalue weighted by Crippen LogP contribution is -1.98. The molecular formula is C13H11ClFN3O. The van der Waals surface area contributed by atoms with Gasteiger partial charge in [0.25, 0.3) is 0 Å². The number of rotatable bonds is 4. The molecule has 0 aliphatic rings. The molecule has 6 heteroatoms. The van der Waals surface area contributed by atoms with Gasteiger partial charge in [-0.1, -0.05) is 22.8 Å². The topological polar surface area (TPSA) is 62.7 Å². The summed E-state index contributed by atoms with van der Waals surface area (Å²) in [4.78, 5) is 4.12. The molecule has 1 atom stereocenters. The van der Waals surface area contributed by atoms with Gasteiger partial charge in [0.2, 0.25) is 5.89 Å². The third-order valence-corrected chi connectivity index (χ3v) is 2.96. The number of nitrogens with zero attached hydrogens (tertiary/aromatic N) is 3. The van der Waals surface area contributed by atoms with Crippen LogP contribution in [0.5, 0.6) is 0 Å². The highest BCUT2D eigenvalue weighted by molar-refractivity contribution is 6.31. The summed E-state index contributed by atoms with van der Waals surface area (Å²) in [6, 6.07) is 6.56. The Morgan fingerprint density at radius 3 is 3.00 bits per heavy atom. The quantitative estimate of drug-likeness (QED) is 0.862. The van der Waals surface area contributed by atoms with Crippen LogP contribution in [0.15, 0.2) is 22.7 Å². The first-order valence-electron chi connectivity index (χ1n) is 5.74. The molecule has 0 spiro atoms. The molecule has 0 bridgehead atoms. The average molecular weight is 280 g/mol. The molecule has 0 amide bonds. The van der Waals surface area contributed by atoms with E-state index in [0.717, 1.165) is 0 Å². The van der Waals surface area contributed by atoms with Crippen LogP contribution in [0.25, 0.3) is 0 Å². The summed E-state index contributed by atoms with van der Waals surface area (Å²) in [7, 11) is 0. The van der Waals surface area contributed by atoms with E-state index < -0.39 is 5.82 Å². The largest absolute Gasteiger partial charge is 0.339 e. The molecule has 0 aliphatic carbocycles. The number of benzene rings is 1. The minimum atomic E-state index is -0.399. The fourth-order valence-electron chi connectivity index (χ4n) is 1.61. The fraction of sp³-hybridized carbons (Fsp3) is 0.308. The summed E-state index contributed by atoms with van der Waals surface area (Å²) in [5.41, 5.74) is 0.338. The van der Waals surface area contributed by atoms with Gasteiger partial charge in [-0.3, -0.25) is 0 Å². The van der Waals surface area contributed by atoms with E-state index in [1.807, 2.05) is 0 Å². The van der Waals surface area contributed by atoms with Crippen LogP contribution in [0.1, 0.15) is 24.2 Å². The van der Waals surface area contributed by atoms with Crippen molar-refractivity contribution < 1.29 is 8.91 Å². The minimum Gasteiger partial charge on any atom is -0.339 e. The fourth-order valence-corrected chi connectivity index (χ4v) is 1.84. The Bertz CT molecular complexity index is 600. The summed E-state index contributed by atoms with van der Waals surface area (Å²) in [6.07, 6.45) is 0.546. The van der Waals surface area contributed by atoms with E-state index in [-0.39, 0.29) is 12.3 Å². The lowest BCUT2D eigenvalue weighted by molar-refractivity contribution is 0.365. The molecule has 1 aromatic carbocycles. The van der Waals surface area contributed by atoms with Crippen LogP contribution in [0, 0.1) is 23.1 Å². The summed E-state index contributed by atoms with van der Waals surface area (Å²) in [5.74, 6) is 0.123. The van der Waals surface area contributed by atoms with Crippen molar-refractivity contribution in [2.45, 2.75) is 19.8 Å². The molecule has 2 rings (SSSR count). The maximum absolute atomic E-state index is 13.6. The molecule has 19 heavy (non-hydrogen) atoms. The number of hydrogen-bond acceptors (Lipinski definition) is 4. The highest BCUT2D eigenvalue weighted by atomic mass is 35.5. The second-order valence-corrected chi connectivity index (χ2v) is 4.62. The van der Waals surface area contributed by atoms with Gasteiger partial charge >= 0.3 is 0 Å². The first-order valence-corrected chi connectivity index (χ1v) is 6.12. The van der Waals surface area contributed by atoms with Crippen LogP contribution in [-0.2, 0) is 12.8 Å². The summed E-state index contributed by atoms with van der Waals surface area (Å²) >= 11 is 5.92. The highest BCUT2D eigenvalue weighted by Crippen LogP contribution is 2.21. The van der Waals surface area contributed by atoms with E-state index in [1.165, 1.54) is 12.1 Å². The van der Waals surface area contributed by atoms with Crippen molar-refractivity contribution in [1.82, 2.24) is 10.1 Å². The standard InChI is InChI=1S/C13H11ClFN3O/c1-8(7-16)5-13-17-12(18-19-13)6-9-10(14)3-2-4-11(9)15/h2-4,8H,5-6H2,1H3. The first-order chi connectivity index (χ1) is 9.10. The Balaban J connectivity index is 2.14. The molecule has 0 saturated carbocycles. The van der Waals surface area contributed by atoms with E-state index in [1.54, 1.807) is 13.0 Å². The van der Waals surface area contributed by atoms with Crippen molar-refractivity contribution in [3.8, 4) is 6.07 Å². The SMILES string of the molecule is CC(C#N)Cc1nc(Cc2c(F)cccc2Cl)no1. The number of halogens is 2. The van der Waals surface area contributed by atoms with Crippen molar-refractivity contribution in [3.05, 3.63) is 46.3 Å². The highest BCUT2D eigenvalue weighted by Gasteiger charge is 2.14. The molecule has 98 valence electrons. The van der Waals surface area contributed by atoms with E-state index in [0.29, 0.717) is 28.7 Å². The molecule has 2 aromatic rings. The Kier molecular flexibility index (Phi) is 4.13. The first kappa shape index (κ1) is 13.5. The van der Waals surface area contributed by atoms with Gasteiger partial charge < -0.3 is 4.52 Å². The summed E-state index contributed by atoms with van der Waals surface area (Å²) in [6.45, 7) is 1.76. The van der Waals surface area contributed by atoms with Gasteiger partial charge in [-0.2, -0.15) is 10.2 Å². The number of hydrogen-bond donors (Lipinski definition) is 0. The van der Waals surface area contributed by atoms with Gasteiger partial charge in [-0.25, -0.2) is 4.39 Å². The van der Waals surface area contributed by atoms with Crippen molar-refractivity contribution in [2.75, 3.05) is 0 Å². The molecule has 4 nitrogen and oxygen atoms in total. The van der Waals surface area contributed by atoms with Crippen LogP contribution in [0.3, 0.4) is 0 Å². The lowest BCUT2D eigenvalue weighted by atomic mass is 10.1. The van der Waals surface area contributed by atoms with E-state index in [2.05, 4.69) is 16.2 Å². The van der Waals surface area contributed by atoms with Crippen LogP contribution < -0.4 is 0 Å². The van der Waals surface area contributed by atoms with Crippen LogP contribution >= 0.6 is 11.6 Å². The van der Waals surface area contributed by atoms with E-state index in [4.69, 9.17) is 21.4 Å². The van der Waals surface area contributed by atoms with Gasteiger partial charge in [0, 0.05) is 23.4 Å². The summed E-state index contributed by atoms with van der Waals surface area (Å²) in [5, 5.41) is 12.8. The van der Waals surface area contributed by atoms with Crippen LogP contribution in [-0.4, -0.2) is 10.1 Å². The van der Waals surface area contributed by atoms with Gasteiger partial charge in [-0.05, 0) is 19.1 Å². The molecule has 1 unspecified atom stereocenters. The minimum absolute atomic E-state index is 0.163. The average Bonchev–Trinajstić information content (AvgIpc) is 2.81. The number of nitriles is 1. The normalized spacial score (nSPS) is 12.1. The predicted octanol–water partition coefficient (Wildman–Crippen LogP) is 3.16. The Morgan fingerprint density at radius 2 is 2.32 bits per heavy atom. The van der Waals surface area contributed by atoms with Gasteiger partial charge in [0.15, 0.2) is 5.82 Å². The van der Waals surface area contributed by atoms with Crippen LogP contribution in [0.2, 0.25) is 5.02 Å². The van der Waals surface area contributed by atoms with Crippen molar-refractivity contribution in [1.29, 1.82) is 5.26 Å². The van der Waals surface area contributed by atoms with Crippen molar-refractivity contribution in [3.63, 3.8) is 0 Å². The molecule has 0 aliphatic heterocycles. The maximum Gasteiger partial charge on any atom is 0.227 e. The molecule has 0 fully saturated rings. The molecule has 0 saturated heterocycles. The zero-order valence-electron chi connectivity index (χ0n) is 10.2. The molecule has 1 heterocycles. The smallest absolute Gasteiger partial charge is 0.227 e. The molecule has 1 aromatic heterocycles. The van der Waals surface area contributed by atoms with Crippen molar-refractivity contribution in [2.24, 2.45) is 5.92 Å². The third-order valence-electron chi connectivity index (χ3n) is 2.61. The predicted molar refractivity (Wildman–Crippen MR) is 67.0 cm³/mol. The Labute approximate surface area is 114 Å². The van der Waals surface area contributed by atoms with Gasteiger partial charge in [0.1, 0.15) is 5.82 Å². The molecule has 0 radical (unpaired) electrons. The van der Waals surface area contributed by atoms with E-state index in [9.17, 15) is 4.39 Å². The zero-order chi connectivity index (χ0) is 13.8. The second-order valence-electron chi connectivity index (χ2n) is 4.22. The van der Waals surface area contributed by atoms with E-state index >= 15 is 0 Å². The van der Waals surface area contributed by atoms with Gasteiger partial charge in [0.05, 0.1) is 12.0 Å². The van der Waals surface area contributed by atoms with Gasteiger partial charge in [-0.15, -0.1) is 0 Å². The zero-order valence-corrected chi connectivity index (χ0v) is 11.0. The second kappa shape index (κ2) is 5.81. The summed E-state index contributed by atoms with van der Waals surface area (Å²) < 4.78 is 18.6. The maximum atomic E-state index is 13.6. The molecular weight excluding hydrogens is 269 g/mol. The lowest BCUT2D eigenvalue weighted by Gasteiger charge is -2.01. The number of aromatic nitrogens is 2. The third kappa shape index (κ3) is 3.30. The Morgan fingerprint density at radius 1 is 1.53 bits per heavy atom. The monoisotopic (exact) mass is 279 g/mol. The van der Waals surface area contributed by atoms with Crippen molar-refractivity contribution >= 4 is 11.6 Å². The molecule has 0 N–H and O–H groups in total.